The average Bonchev–Trinajstić information content (AvgIpc) is 3.54. The Hall–Kier alpha value is -5.31. The molecule has 0 amide bonds. The Morgan fingerprint density at radius 3 is 1.92 bits per heavy atom. The number of pyridine rings is 2. The Balaban J connectivity index is 0.00000435. The van der Waals surface area contributed by atoms with Crippen LogP contribution >= 0.6 is 0 Å². The molecule has 5 aromatic carbocycles. The van der Waals surface area contributed by atoms with Gasteiger partial charge in [-0.05, 0) is 69.0 Å². The van der Waals surface area contributed by atoms with Gasteiger partial charge in [-0.15, -0.1) is 12.1 Å². The molecule has 0 aliphatic heterocycles. The number of phenols is 1. The predicted octanol–water partition coefficient (Wildman–Crippen LogP) is 12.3. The summed E-state index contributed by atoms with van der Waals surface area (Å²) in [4.78, 5) is 10.5. The van der Waals surface area contributed by atoms with Crippen molar-refractivity contribution < 1.29 is 26.2 Å². The Morgan fingerprint density at radius 1 is 0.585 bits per heavy atom. The summed E-state index contributed by atoms with van der Waals surface area (Å²) in [6.07, 6.45) is 2.07. The number of hydrogen-bond donors (Lipinski definition) is 1. The zero-order chi connectivity index (χ0) is 36.2. The van der Waals surface area contributed by atoms with E-state index in [9.17, 15) is 5.11 Å². The van der Waals surface area contributed by atoms with Crippen molar-refractivity contribution in [2.45, 2.75) is 52.4 Å². The molecular weight excluding hydrogens is 830 g/mol. The van der Waals surface area contributed by atoms with Gasteiger partial charge in [0.2, 0.25) is 0 Å². The Kier molecular flexibility index (Phi) is 9.47. The van der Waals surface area contributed by atoms with E-state index >= 15 is 0 Å². The summed E-state index contributed by atoms with van der Waals surface area (Å²) in [5.74, 6) is 0.191. The molecule has 0 aliphatic rings. The molecule has 3 heterocycles. The normalized spacial score (nSPS) is 11.9. The van der Waals surface area contributed by atoms with Gasteiger partial charge in [0.05, 0.1) is 5.69 Å². The molecule has 266 valence electrons. The van der Waals surface area contributed by atoms with Gasteiger partial charge in [-0.25, -0.2) is 0 Å². The van der Waals surface area contributed by atoms with Crippen molar-refractivity contribution in [2.24, 2.45) is 0 Å². The van der Waals surface area contributed by atoms with Gasteiger partial charge in [0.1, 0.15) is 11.4 Å². The number of aromatic hydroxyl groups is 1. The standard InChI is InChI=1S/C48H42N3O.Pt/c1-47(2,3)36-25-33(26-37(30-36)48(4,5)6)34-28-41(39-20-12-13-21-43(39)52)49-42(29-34)40-27-35(24-32-18-10-11-19-38(32)40)45-46(31-16-8-7-9-17-31)51-23-15-14-22-44(51)50-45;/h7-26,28-30,52H,1-6H3;/q-1;. The second-order valence-electron chi connectivity index (χ2n) is 15.7. The largest absolute Gasteiger partial charge is 0.507 e. The monoisotopic (exact) mass is 871 g/mol. The summed E-state index contributed by atoms with van der Waals surface area (Å²) in [5, 5.41) is 13.2. The Morgan fingerprint density at radius 2 is 1.21 bits per heavy atom. The van der Waals surface area contributed by atoms with Crippen LogP contribution in [0.4, 0.5) is 0 Å². The number of hydrogen-bond acceptors (Lipinski definition) is 3. The fourth-order valence-electron chi connectivity index (χ4n) is 6.94. The van der Waals surface area contributed by atoms with Crippen LogP contribution in [0.2, 0.25) is 0 Å². The SMILES string of the molecule is CC(C)(C)c1cc(-c2cc(-c3ccccc3O)nc(-c3[c-]c(-c4nc5ccccn5c4-c4ccccc4)cc4ccccc34)c2)cc(C(C)(C)C)c1.[Pt]. The molecule has 0 fully saturated rings. The van der Waals surface area contributed by atoms with Gasteiger partial charge in [0.15, 0.2) is 0 Å². The second-order valence-corrected chi connectivity index (χ2v) is 15.7. The van der Waals surface area contributed by atoms with Crippen molar-refractivity contribution in [2.75, 3.05) is 0 Å². The molecule has 4 nitrogen and oxygen atoms in total. The first-order valence-electron chi connectivity index (χ1n) is 17.9. The number of nitrogens with zero attached hydrogens (tertiary/aromatic N) is 3. The van der Waals surface area contributed by atoms with E-state index in [1.165, 1.54) is 11.1 Å². The van der Waals surface area contributed by atoms with Crippen LogP contribution < -0.4 is 0 Å². The summed E-state index contributed by atoms with van der Waals surface area (Å²) < 4.78 is 2.15. The molecule has 0 saturated heterocycles. The molecule has 0 bridgehead atoms. The van der Waals surface area contributed by atoms with Crippen LogP contribution in [-0.2, 0) is 31.9 Å². The summed E-state index contributed by atoms with van der Waals surface area (Å²) in [6, 6.07) is 49.6. The van der Waals surface area contributed by atoms with Gasteiger partial charge >= 0.3 is 0 Å². The number of imidazole rings is 1. The minimum atomic E-state index is -0.0464. The first-order valence-corrected chi connectivity index (χ1v) is 17.9. The van der Waals surface area contributed by atoms with E-state index in [0.717, 1.165) is 61.3 Å². The molecule has 0 aliphatic carbocycles. The minimum absolute atomic E-state index is 0. The molecule has 3 aromatic heterocycles. The molecule has 8 rings (SSSR count). The maximum atomic E-state index is 11.1. The smallest absolute Gasteiger partial charge is 0.129 e. The molecule has 0 atom stereocenters. The third kappa shape index (κ3) is 6.97. The van der Waals surface area contributed by atoms with Crippen molar-refractivity contribution >= 4 is 16.4 Å². The molecule has 0 spiro atoms. The predicted molar refractivity (Wildman–Crippen MR) is 216 cm³/mol. The fraction of sp³-hybridized carbons (Fsp3) is 0.167. The molecular formula is C48H42N3OPt-. The summed E-state index contributed by atoms with van der Waals surface area (Å²) >= 11 is 0. The van der Waals surface area contributed by atoms with Gasteiger partial charge in [-0.3, -0.25) is 9.97 Å². The maximum Gasteiger partial charge on any atom is 0.129 e. The fourth-order valence-corrected chi connectivity index (χ4v) is 6.94. The Labute approximate surface area is 326 Å². The van der Waals surface area contributed by atoms with Crippen LogP contribution in [0.15, 0.2) is 140 Å². The average molecular weight is 872 g/mol. The van der Waals surface area contributed by atoms with Crippen molar-refractivity contribution in [1.29, 1.82) is 0 Å². The third-order valence-electron chi connectivity index (χ3n) is 9.88. The topological polar surface area (TPSA) is 50.4 Å². The van der Waals surface area contributed by atoms with Crippen LogP contribution in [0.3, 0.4) is 0 Å². The quantitative estimate of drug-likeness (QED) is 0.175. The first kappa shape index (κ1) is 36.1. The number of para-hydroxylation sites is 1. The zero-order valence-corrected chi connectivity index (χ0v) is 33.2. The van der Waals surface area contributed by atoms with E-state index in [-0.39, 0.29) is 37.6 Å². The van der Waals surface area contributed by atoms with Gasteiger partial charge in [-0.1, -0.05) is 161 Å². The van der Waals surface area contributed by atoms with Crippen LogP contribution in [0.5, 0.6) is 5.75 Å². The van der Waals surface area contributed by atoms with Crippen molar-refractivity contribution in [3.8, 4) is 61.9 Å². The second kappa shape index (κ2) is 13.9. The van der Waals surface area contributed by atoms with Crippen LogP contribution in [0.1, 0.15) is 52.7 Å². The van der Waals surface area contributed by atoms with Crippen LogP contribution in [-0.4, -0.2) is 19.5 Å². The van der Waals surface area contributed by atoms with Crippen molar-refractivity contribution in [1.82, 2.24) is 14.4 Å². The number of aromatic nitrogens is 3. The number of rotatable bonds is 5. The minimum Gasteiger partial charge on any atom is -0.507 e. The van der Waals surface area contributed by atoms with Gasteiger partial charge < -0.3 is 9.51 Å². The molecule has 0 radical (unpaired) electrons. The number of phenolic OH excluding ortho intramolecular Hbond substituents is 1. The van der Waals surface area contributed by atoms with Crippen molar-refractivity contribution in [3.05, 3.63) is 157 Å². The molecule has 0 saturated carbocycles. The maximum absolute atomic E-state index is 11.1. The van der Waals surface area contributed by atoms with E-state index in [4.69, 9.17) is 9.97 Å². The van der Waals surface area contributed by atoms with Crippen molar-refractivity contribution in [3.63, 3.8) is 0 Å². The van der Waals surface area contributed by atoms with Crippen LogP contribution in [0, 0.1) is 6.07 Å². The van der Waals surface area contributed by atoms with Gasteiger partial charge in [-0.2, -0.15) is 0 Å². The number of benzene rings is 5. The molecule has 53 heavy (non-hydrogen) atoms. The molecule has 1 N–H and O–H groups in total. The zero-order valence-electron chi connectivity index (χ0n) is 30.9. The van der Waals surface area contributed by atoms with Crippen LogP contribution in [0.25, 0.3) is 72.6 Å². The molecule has 8 aromatic rings. The molecule has 0 unspecified atom stereocenters. The van der Waals surface area contributed by atoms with E-state index in [0.29, 0.717) is 11.3 Å². The van der Waals surface area contributed by atoms with E-state index in [1.54, 1.807) is 6.07 Å². The summed E-state index contributed by atoms with van der Waals surface area (Å²) in [5.41, 5.74) is 12.3. The number of fused-ring (bicyclic) bond motifs is 2. The van der Waals surface area contributed by atoms with Gasteiger partial charge in [0, 0.05) is 49.9 Å². The molecule has 5 heteroatoms. The Bertz CT molecular complexity index is 2580. The summed E-state index contributed by atoms with van der Waals surface area (Å²) in [7, 11) is 0. The summed E-state index contributed by atoms with van der Waals surface area (Å²) in [6.45, 7) is 13.6. The van der Waals surface area contributed by atoms with E-state index in [1.807, 2.05) is 42.5 Å². The first-order chi connectivity index (χ1) is 24.9. The van der Waals surface area contributed by atoms with E-state index in [2.05, 4.69) is 143 Å². The van der Waals surface area contributed by atoms with E-state index < -0.39 is 0 Å². The third-order valence-corrected chi connectivity index (χ3v) is 9.88. The van der Waals surface area contributed by atoms with Gasteiger partial charge in [0.25, 0.3) is 0 Å².